The summed E-state index contributed by atoms with van der Waals surface area (Å²) in [5.74, 6) is 0.0501. The number of hydrogen-bond donors (Lipinski definition) is 0. The molecule has 0 aliphatic heterocycles. The normalized spacial score (nSPS) is 10.2. The van der Waals surface area contributed by atoms with E-state index in [1.165, 1.54) is 36.9 Å². The SMILES string of the molecule is CC(=O)Oc1ccc(Sc2cc([N+](=O)[O-])ccc2Cl)cc1. The van der Waals surface area contributed by atoms with Gasteiger partial charge in [-0.1, -0.05) is 23.4 Å². The number of nitro groups is 1. The van der Waals surface area contributed by atoms with Gasteiger partial charge in [-0.25, -0.2) is 0 Å². The molecule has 0 aliphatic carbocycles. The molecule has 2 aromatic carbocycles. The Morgan fingerprint density at radius 3 is 2.48 bits per heavy atom. The Kier molecular flexibility index (Phi) is 4.82. The Balaban J connectivity index is 2.19. The molecule has 0 bridgehead atoms. The zero-order valence-corrected chi connectivity index (χ0v) is 12.5. The van der Waals surface area contributed by atoms with Gasteiger partial charge < -0.3 is 4.74 Å². The van der Waals surface area contributed by atoms with Crippen molar-refractivity contribution in [3.63, 3.8) is 0 Å². The fourth-order valence-corrected chi connectivity index (χ4v) is 2.66. The van der Waals surface area contributed by atoms with Gasteiger partial charge in [0.05, 0.1) is 9.95 Å². The van der Waals surface area contributed by atoms with Gasteiger partial charge in [0.25, 0.3) is 5.69 Å². The van der Waals surface area contributed by atoms with Crippen molar-refractivity contribution in [2.75, 3.05) is 0 Å². The molecule has 5 nitrogen and oxygen atoms in total. The molecule has 0 saturated heterocycles. The molecule has 2 aromatic rings. The summed E-state index contributed by atoms with van der Waals surface area (Å²) in [7, 11) is 0. The molecule has 7 heteroatoms. The van der Waals surface area contributed by atoms with Crippen LogP contribution in [0.5, 0.6) is 5.75 Å². The zero-order chi connectivity index (χ0) is 15.4. The Labute approximate surface area is 130 Å². The van der Waals surface area contributed by atoms with Crippen molar-refractivity contribution < 1.29 is 14.5 Å². The van der Waals surface area contributed by atoms with Gasteiger partial charge in [-0.15, -0.1) is 0 Å². The Morgan fingerprint density at radius 1 is 1.24 bits per heavy atom. The molecule has 0 N–H and O–H groups in total. The molecular formula is C14H10ClNO4S. The number of benzene rings is 2. The highest BCUT2D eigenvalue weighted by atomic mass is 35.5. The van der Waals surface area contributed by atoms with Crippen LogP contribution < -0.4 is 4.74 Å². The fraction of sp³-hybridized carbons (Fsp3) is 0.0714. The lowest BCUT2D eigenvalue weighted by Crippen LogP contribution is -2.00. The predicted molar refractivity (Wildman–Crippen MR) is 80.0 cm³/mol. The van der Waals surface area contributed by atoms with Gasteiger partial charge in [0.1, 0.15) is 5.75 Å². The molecule has 2 rings (SSSR count). The van der Waals surface area contributed by atoms with Crippen LogP contribution in [0, 0.1) is 10.1 Å². The molecule has 21 heavy (non-hydrogen) atoms. The number of nitro benzene ring substituents is 1. The van der Waals surface area contributed by atoms with Crippen LogP contribution in [0.3, 0.4) is 0 Å². The van der Waals surface area contributed by atoms with Gasteiger partial charge in [0.15, 0.2) is 0 Å². The van der Waals surface area contributed by atoms with Gasteiger partial charge in [-0.2, -0.15) is 0 Å². The second kappa shape index (κ2) is 6.60. The summed E-state index contributed by atoms with van der Waals surface area (Å²) >= 11 is 7.33. The van der Waals surface area contributed by atoms with E-state index in [0.717, 1.165) is 4.90 Å². The summed E-state index contributed by atoms with van der Waals surface area (Å²) in [6.07, 6.45) is 0. The number of rotatable bonds is 4. The minimum atomic E-state index is -0.468. The molecule has 0 fully saturated rings. The number of carbonyl (C=O) groups is 1. The third kappa shape index (κ3) is 4.21. The standard InChI is InChI=1S/C14H10ClNO4S/c1-9(17)20-11-3-5-12(6-4-11)21-14-8-10(16(18)19)2-7-13(14)15/h2-8H,1H3. The van der Waals surface area contributed by atoms with Crippen LogP contribution in [0.4, 0.5) is 5.69 Å². The first-order valence-electron chi connectivity index (χ1n) is 5.86. The first kappa shape index (κ1) is 15.3. The van der Waals surface area contributed by atoms with Crippen LogP contribution in [0.1, 0.15) is 6.92 Å². The summed E-state index contributed by atoms with van der Waals surface area (Å²) in [6, 6.07) is 11.1. The number of hydrogen-bond acceptors (Lipinski definition) is 5. The first-order chi connectivity index (χ1) is 9.95. The lowest BCUT2D eigenvalue weighted by atomic mass is 10.3. The monoisotopic (exact) mass is 323 g/mol. The molecule has 0 radical (unpaired) electrons. The maximum atomic E-state index is 10.8. The quantitative estimate of drug-likeness (QED) is 0.362. The summed E-state index contributed by atoms with van der Waals surface area (Å²) in [6.45, 7) is 1.32. The summed E-state index contributed by atoms with van der Waals surface area (Å²) in [5, 5.41) is 11.2. The molecule has 0 spiro atoms. The number of halogens is 1. The average Bonchev–Trinajstić information content (AvgIpc) is 2.42. The van der Waals surface area contributed by atoms with E-state index in [1.54, 1.807) is 24.3 Å². The maximum absolute atomic E-state index is 10.8. The number of ether oxygens (including phenoxy) is 1. The molecule has 0 amide bonds. The van der Waals surface area contributed by atoms with E-state index in [1.807, 2.05) is 0 Å². The fourth-order valence-electron chi connectivity index (χ4n) is 1.55. The third-order valence-electron chi connectivity index (χ3n) is 2.44. The van der Waals surface area contributed by atoms with Crippen LogP contribution in [0.25, 0.3) is 0 Å². The van der Waals surface area contributed by atoms with Gasteiger partial charge in [0, 0.05) is 28.8 Å². The summed E-state index contributed by atoms with van der Waals surface area (Å²) in [4.78, 5) is 22.5. The highest BCUT2D eigenvalue weighted by Gasteiger charge is 2.11. The Bertz CT molecular complexity index is 688. The zero-order valence-electron chi connectivity index (χ0n) is 10.9. The summed E-state index contributed by atoms with van der Waals surface area (Å²) < 4.78 is 4.93. The van der Waals surface area contributed by atoms with E-state index >= 15 is 0 Å². The van der Waals surface area contributed by atoms with E-state index < -0.39 is 10.9 Å². The topological polar surface area (TPSA) is 69.4 Å². The summed E-state index contributed by atoms with van der Waals surface area (Å²) in [5.41, 5.74) is -0.0153. The number of nitrogens with zero attached hydrogens (tertiary/aromatic N) is 1. The number of non-ortho nitro benzene ring substituents is 1. The Hall–Kier alpha value is -2.05. The molecule has 0 heterocycles. The highest BCUT2D eigenvalue weighted by molar-refractivity contribution is 7.99. The van der Waals surface area contributed by atoms with Gasteiger partial charge in [-0.3, -0.25) is 14.9 Å². The van der Waals surface area contributed by atoms with Crippen molar-refractivity contribution in [2.24, 2.45) is 0 Å². The lowest BCUT2D eigenvalue weighted by Gasteiger charge is -2.05. The van der Waals surface area contributed by atoms with Crippen LogP contribution in [0.15, 0.2) is 52.3 Å². The molecule has 0 atom stereocenters. The minimum absolute atomic E-state index is 0.0153. The van der Waals surface area contributed by atoms with Crippen molar-refractivity contribution in [3.8, 4) is 5.75 Å². The molecule has 0 aromatic heterocycles. The maximum Gasteiger partial charge on any atom is 0.308 e. The molecule has 0 aliphatic rings. The number of esters is 1. The van der Waals surface area contributed by atoms with Crippen LogP contribution in [0.2, 0.25) is 5.02 Å². The van der Waals surface area contributed by atoms with Crippen molar-refractivity contribution in [1.29, 1.82) is 0 Å². The van der Waals surface area contributed by atoms with Crippen molar-refractivity contribution >= 4 is 35.0 Å². The van der Waals surface area contributed by atoms with Gasteiger partial charge >= 0.3 is 5.97 Å². The second-order valence-electron chi connectivity index (χ2n) is 4.04. The largest absolute Gasteiger partial charge is 0.427 e. The first-order valence-corrected chi connectivity index (χ1v) is 7.05. The molecule has 0 unspecified atom stereocenters. The van der Waals surface area contributed by atoms with Crippen molar-refractivity contribution in [3.05, 3.63) is 57.6 Å². The molecule has 0 saturated carbocycles. The smallest absolute Gasteiger partial charge is 0.308 e. The van der Waals surface area contributed by atoms with E-state index in [0.29, 0.717) is 15.7 Å². The average molecular weight is 324 g/mol. The highest BCUT2D eigenvalue weighted by Crippen LogP contribution is 2.36. The van der Waals surface area contributed by atoms with Crippen LogP contribution in [-0.4, -0.2) is 10.9 Å². The molecular weight excluding hydrogens is 314 g/mol. The van der Waals surface area contributed by atoms with Crippen molar-refractivity contribution in [2.45, 2.75) is 16.7 Å². The third-order valence-corrected chi connectivity index (χ3v) is 3.95. The van der Waals surface area contributed by atoms with Gasteiger partial charge in [0.2, 0.25) is 0 Å². The molecule has 108 valence electrons. The van der Waals surface area contributed by atoms with E-state index in [-0.39, 0.29) is 5.69 Å². The van der Waals surface area contributed by atoms with Crippen molar-refractivity contribution in [1.82, 2.24) is 0 Å². The van der Waals surface area contributed by atoms with Crippen LogP contribution >= 0.6 is 23.4 Å². The lowest BCUT2D eigenvalue weighted by molar-refractivity contribution is -0.385. The van der Waals surface area contributed by atoms with E-state index in [9.17, 15) is 14.9 Å². The predicted octanol–water partition coefficient (Wildman–Crippen LogP) is 4.32. The minimum Gasteiger partial charge on any atom is -0.427 e. The second-order valence-corrected chi connectivity index (χ2v) is 5.56. The van der Waals surface area contributed by atoms with Crippen LogP contribution in [-0.2, 0) is 4.79 Å². The number of carbonyl (C=O) groups excluding carboxylic acids is 1. The van der Waals surface area contributed by atoms with E-state index in [2.05, 4.69) is 0 Å². The van der Waals surface area contributed by atoms with E-state index in [4.69, 9.17) is 16.3 Å². The Morgan fingerprint density at radius 2 is 1.90 bits per heavy atom. The van der Waals surface area contributed by atoms with Gasteiger partial charge in [-0.05, 0) is 30.3 Å².